The molecule has 0 amide bonds. The molecule has 4 aliphatic rings. The molecule has 0 aromatic heterocycles. The Balaban J connectivity index is 1.59. The molecule has 4 saturated carbocycles. The number of rotatable bonds is 5. The second-order valence-corrected chi connectivity index (χ2v) is 11.5. The van der Waals surface area contributed by atoms with Gasteiger partial charge in [-0.25, -0.2) is 0 Å². The first-order chi connectivity index (χ1) is 13.7. The van der Waals surface area contributed by atoms with Crippen LogP contribution in [0.2, 0.25) is 0 Å². The van der Waals surface area contributed by atoms with Crippen LogP contribution in [0.1, 0.15) is 91.4 Å². The average molecular weight is 407 g/mol. The van der Waals surface area contributed by atoms with Gasteiger partial charge < -0.3 is 15.3 Å². The van der Waals surface area contributed by atoms with Crippen LogP contribution in [0.15, 0.2) is 0 Å². The first-order valence-electron chi connectivity index (χ1n) is 12.3. The highest BCUT2D eigenvalue weighted by atomic mass is 16.4. The van der Waals surface area contributed by atoms with E-state index < -0.39 is 5.97 Å². The highest BCUT2D eigenvalue weighted by Gasteiger charge is 2.64. The lowest BCUT2D eigenvalue weighted by molar-refractivity contribution is -0.202. The summed E-state index contributed by atoms with van der Waals surface area (Å²) in [6.45, 7) is 7.16. The van der Waals surface area contributed by atoms with E-state index in [2.05, 4.69) is 20.8 Å². The minimum Gasteiger partial charge on any atom is -0.481 e. The monoisotopic (exact) mass is 406 g/mol. The highest BCUT2D eigenvalue weighted by molar-refractivity contribution is 5.66. The Bertz CT molecular complexity index is 620. The second kappa shape index (κ2) is 7.82. The third-order valence-corrected chi connectivity index (χ3v) is 10.5. The fourth-order valence-electron chi connectivity index (χ4n) is 9.04. The fourth-order valence-corrected chi connectivity index (χ4v) is 9.04. The third-order valence-electron chi connectivity index (χ3n) is 10.5. The molecule has 0 aromatic carbocycles. The number of aliphatic hydroxyl groups is 2. The predicted octanol–water partition coefficient (Wildman–Crippen LogP) is 4.87. The van der Waals surface area contributed by atoms with Crippen molar-refractivity contribution < 1.29 is 20.1 Å². The van der Waals surface area contributed by atoms with Crippen molar-refractivity contribution in [2.45, 2.75) is 104 Å². The lowest BCUT2D eigenvalue weighted by Crippen LogP contribution is -2.62. The smallest absolute Gasteiger partial charge is 0.303 e. The van der Waals surface area contributed by atoms with Crippen LogP contribution in [-0.2, 0) is 4.79 Å². The molecular formula is C25H42O4. The topological polar surface area (TPSA) is 77.8 Å². The summed E-state index contributed by atoms with van der Waals surface area (Å²) in [5.41, 5.74) is 0.517. The van der Waals surface area contributed by atoms with Gasteiger partial charge in [0.05, 0.1) is 12.2 Å². The number of aliphatic carboxylic acids is 1. The molecule has 0 saturated heterocycles. The summed E-state index contributed by atoms with van der Waals surface area (Å²) in [7, 11) is 0. The molecule has 0 spiro atoms. The molecule has 4 rings (SSSR count). The Morgan fingerprint density at radius 2 is 1.66 bits per heavy atom. The average Bonchev–Trinajstić information content (AvgIpc) is 3.00. The Morgan fingerprint density at radius 3 is 2.34 bits per heavy atom. The number of hydrogen-bond acceptors (Lipinski definition) is 3. The van der Waals surface area contributed by atoms with E-state index in [9.17, 15) is 15.0 Å². The minimum absolute atomic E-state index is 0.190. The summed E-state index contributed by atoms with van der Waals surface area (Å²) in [6.07, 6.45) is 10.4. The van der Waals surface area contributed by atoms with Gasteiger partial charge in [0.1, 0.15) is 0 Å². The Morgan fingerprint density at radius 1 is 0.966 bits per heavy atom. The van der Waals surface area contributed by atoms with Gasteiger partial charge in [0.15, 0.2) is 0 Å². The van der Waals surface area contributed by atoms with Crippen LogP contribution in [0.25, 0.3) is 0 Å². The van der Waals surface area contributed by atoms with Crippen LogP contribution in [-0.4, -0.2) is 33.5 Å². The summed E-state index contributed by atoms with van der Waals surface area (Å²) < 4.78 is 0. The minimum atomic E-state index is -0.680. The van der Waals surface area contributed by atoms with Crippen molar-refractivity contribution in [3.8, 4) is 0 Å². The molecular weight excluding hydrogens is 364 g/mol. The summed E-state index contributed by atoms with van der Waals surface area (Å²) >= 11 is 0. The lowest BCUT2D eigenvalue weighted by atomic mass is 9.41. The Hall–Kier alpha value is -0.610. The number of fused-ring (bicyclic) bond motifs is 5. The van der Waals surface area contributed by atoms with E-state index in [1.165, 1.54) is 25.7 Å². The van der Waals surface area contributed by atoms with Crippen molar-refractivity contribution in [1.29, 1.82) is 0 Å². The quantitative estimate of drug-likeness (QED) is 0.609. The van der Waals surface area contributed by atoms with Gasteiger partial charge in [-0.2, -0.15) is 0 Å². The van der Waals surface area contributed by atoms with E-state index in [4.69, 9.17) is 5.11 Å². The van der Waals surface area contributed by atoms with Crippen LogP contribution in [0.5, 0.6) is 0 Å². The molecule has 10 atom stereocenters. The largest absolute Gasteiger partial charge is 0.481 e. The summed E-state index contributed by atoms with van der Waals surface area (Å²) in [4.78, 5) is 11.0. The van der Waals surface area contributed by atoms with E-state index in [1.807, 2.05) is 0 Å². The van der Waals surface area contributed by atoms with E-state index in [-0.39, 0.29) is 29.5 Å². The molecule has 0 aromatic rings. The van der Waals surface area contributed by atoms with Gasteiger partial charge in [0.25, 0.3) is 0 Å². The molecule has 4 heteroatoms. The third kappa shape index (κ3) is 3.37. The van der Waals surface area contributed by atoms with Crippen molar-refractivity contribution in [3.05, 3.63) is 0 Å². The van der Waals surface area contributed by atoms with Crippen LogP contribution >= 0.6 is 0 Å². The highest BCUT2D eigenvalue weighted by Crippen LogP contribution is 2.69. The molecule has 0 radical (unpaired) electrons. The molecule has 29 heavy (non-hydrogen) atoms. The van der Waals surface area contributed by atoms with E-state index in [0.29, 0.717) is 35.5 Å². The van der Waals surface area contributed by atoms with E-state index >= 15 is 0 Å². The van der Waals surface area contributed by atoms with Gasteiger partial charge in [-0.05, 0) is 104 Å². The zero-order valence-corrected chi connectivity index (χ0v) is 18.6. The molecule has 4 unspecified atom stereocenters. The van der Waals surface area contributed by atoms with Crippen LogP contribution in [0.4, 0.5) is 0 Å². The summed E-state index contributed by atoms with van der Waals surface area (Å²) in [5.74, 6) is 2.23. The maximum atomic E-state index is 11.6. The van der Waals surface area contributed by atoms with Crippen LogP contribution < -0.4 is 0 Å². The number of hydrogen-bond donors (Lipinski definition) is 3. The van der Waals surface area contributed by atoms with Crippen LogP contribution in [0, 0.1) is 46.3 Å². The molecule has 4 nitrogen and oxygen atoms in total. The number of carbonyl (C=O) groups is 1. The molecule has 166 valence electrons. The van der Waals surface area contributed by atoms with Gasteiger partial charge >= 0.3 is 5.97 Å². The molecule has 0 bridgehead atoms. The number of carboxylic acid groups (broad SMARTS) is 1. The van der Waals surface area contributed by atoms with Crippen molar-refractivity contribution in [2.75, 3.05) is 0 Å². The van der Waals surface area contributed by atoms with Crippen molar-refractivity contribution in [3.63, 3.8) is 0 Å². The standard InChI is InChI=1S/C25H42O4/c1-4-17-20-14-16(26)10-12-25(20,3)19-11-13-24(2)15(6-5-7-21(27)28)8-9-18(24)22(19)23(17)29/h15-20,22-23,26,29H,4-14H2,1-3H3,(H,27,28)/t15-,16+,17+,18?,19?,20?,22?,23+,24+,25+/m0/s1. The van der Waals surface area contributed by atoms with Gasteiger partial charge in [-0.3, -0.25) is 4.79 Å². The van der Waals surface area contributed by atoms with Gasteiger partial charge in [-0.15, -0.1) is 0 Å². The van der Waals surface area contributed by atoms with Gasteiger partial charge in [0.2, 0.25) is 0 Å². The fraction of sp³-hybridized carbons (Fsp3) is 0.960. The second-order valence-electron chi connectivity index (χ2n) is 11.5. The molecule has 0 aliphatic heterocycles. The Kier molecular flexibility index (Phi) is 5.83. The summed E-state index contributed by atoms with van der Waals surface area (Å²) in [6, 6.07) is 0. The summed E-state index contributed by atoms with van der Waals surface area (Å²) in [5, 5.41) is 31.1. The SMILES string of the molecule is CC[C@@H]1C2C[C@H](O)CC[C@]2(C)C2CC[C@@]3(C)C(CC[C@@H]3CCCC(=O)O)C2[C@@H]1O. The van der Waals surface area contributed by atoms with Crippen molar-refractivity contribution >= 4 is 5.97 Å². The van der Waals surface area contributed by atoms with Crippen molar-refractivity contribution in [1.82, 2.24) is 0 Å². The predicted molar refractivity (Wildman–Crippen MR) is 113 cm³/mol. The normalized spacial score (nSPS) is 51.8. The lowest BCUT2D eigenvalue weighted by Gasteiger charge is -2.64. The van der Waals surface area contributed by atoms with Gasteiger partial charge in [-0.1, -0.05) is 27.2 Å². The first-order valence-corrected chi connectivity index (χ1v) is 12.3. The molecule has 0 heterocycles. The molecule has 3 N–H and O–H groups in total. The van der Waals surface area contributed by atoms with E-state index in [1.54, 1.807) is 0 Å². The maximum Gasteiger partial charge on any atom is 0.303 e. The zero-order valence-electron chi connectivity index (χ0n) is 18.6. The zero-order chi connectivity index (χ0) is 21.0. The number of aliphatic hydroxyl groups excluding tert-OH is 2. The number of carboxylic acids is 1. The first kappa shape index (κ1) is 21.6. The van der Waals surface area contributed by atoms with Gasteiger partial charge in [0, 0.05) is 6.42 Å². The maximum absolute atomic E-state index is 11.6. The Labute approximate surface area is 176 Å². The van der Waals surface area contributed by atoms with Crippen LogP contribution in [0.3, 0.4) is 0 Å². The van der Waals surface area contributed by atoms with Crippen molar-refractivity contribution in [2.24, 2.45) is 46.3 Å². The molecule has 4 aliphatic carbocycles. The van der Waals surface area contributed by atoms with E-state index in [0.717, 1.165) is 38.5 Å². The molecule has 4 fully saturated rings.